The van der Waals surface area contributed by atoms with Crippen molar-refractivity contribution in [2.45, 2.75) is 57.6 Å². The highest BCUT2D eigenvalue weighted by molar-refractivity contribution is 6.00. The molecule has 2 aromatic carbocycles. The van der Waals surface area contributed by atoms with Gasteiger partial charge in [0.25, 0.3) is 5.91 Å². The molecule has 0 radical (unpaired) electrons. The van der Waals surface area contributed by atoms with E-state index in [1.807, 2.05) is 18.2 Å². The molecule has 1 aliphatic carbocycles. The van der Waals surface area contributed by atoms with Crippen LogP contribution in [0, 0.1) is 0 Å². The Kier molecular flexibility index (Phi) is 8.88. The van der Waals surface area contributed by atoms with Gasteiger partial charge in [-0.3, -0.25) is 4.79 Å². The number of fused-ring (bicyclic) bond motifs is 1. The lowest BCUT2D eigenvalue weighted by atomic mass is 9.98. The molecule has 1 heterocycles. The Morgan fingerprint density at radius 2 is 2.11 bits per heavy atom. The van der Waals surface area contributed by atoms with E-state index in [1.165, 1.54) is 5.56 Å². The molecule has 194 valence electrons. The van der Waals surface area contributed by atoms with Crippen molar-refractivity contribution in [1.29, 1.82) is 0 Å². The molecule has 7 nitrogen and oxygen atoms in total. The van der Waals surface area contributed by atoms with Crippen molar-refractivity contribution in [1.82, 2.24) is 5.32 Å². The van der Waals surface area contributed by atoms with Crippen molar-refractivity contribution >= 4 is 11.6 Å². The number of benzene rings is 2. The normalized spacial score (nSPS) is 15.4. The number of nitrogens with one attached hydrogen (secondary N) is 1. The van der Waals surface area contributed by atoms with Crippen LogP contribution in [0.25, 0.3) is 0 Å². The van der Waals surface area contributed by atoms with Gasteiger partial charge in [0.2, 0.25) is 0 Å². The molecule has 1 saturated carbocycles. The fourth-order valence-corrected chi connectivity index (χ4v) is 4.80. The van der Waals surface area contributed by atoms with Crippen LogP contribution in [0.5, 0.6) is 11.5 Å². The molecule has 0 saturated heterocycles. The average molecular weight is 494 g/mol. The van der Waals surface area contributed by atoms with E-state index in [0.717, 1.165) is 73.5 Å². The predicted molar refractivity (Wildman–Crippen MR) is 143 cm³/mol. The third-order valence-corrected chi connectivity index (χ3v) is 6.67. The molecule has 0 unspecified atom stereocenters. The first-order valence-electron chi connectivity index (χ1n) is 13.1. The number of nitrogens with zero attached hydrogens (tertiary/aromatic N) is 1. The van der Waals surface area contributed by atoms with Crippen LogP contribution >= 0.6 is 0 Å². The van der Waals surface area contributed by atoms with Gasteiger partial charge in [0.05, 0.1) is 17.4 Å². The summed E-state index contributed by atoms with van der Waals surface area (Å²) in [6.07, 6.45) is 7.57. The minimum atomic E-state index is -0.402. The van der Waals surface area contributed by atoms with Crippen molar-refractivity contribution in [2.75, 3.05) is 37.7 Å². The second kappa shape index (κ2) is 12.3. The summed E-state index contributed by atoms with van der Waals surface area (Å²) >= 11 is 0. The zero-order chi connectivity index (χ0) is 25.5. The fraction of sp³-hybridized carbons (Fsp3) is 0.483. The largest absolute Gasteiger partial charge is 0.488 e. The van der Waals surface area contributed by atoms with Crippen molar-refractivity contribution in [3.05, 3.63) is 65.2 Å². The van der Waals surface area contributed by atoms with Gasteiger partial charge in [0, 0.05) is 32.3 Å². The maximum absolute atomic E-state index is 12.2. The lowest BCUT2D eigenvalue weighted by molar-refractivity contribution is 0.100. The SMILES string of the molecule is C=CCc1ccc(OCCN[C@H](C)Cc2cc3c(c(C(N)=O)c2)N(CCCO)CC3)c(OC2CC2)c1. The molecule has 0 spiro atoms. The second-order valence-electron chi connectivity index (χ2n) is 9.83. The number of amides is 1. The Bertz CT molecular complexity index is 1070. The number of aliphatic hydroxyl groups excluding tert-OH is 1. The highest BCUT2D eigenvalue weighted by Crippen LogP contribution is 2.35. The third kappa shape index (κ3) is 6.80. The van der Waals surface area contributed by atoms with Gasteiger partial charge >= 0.3 is 0 Å². The summed E-state index contributed by atoms with van der Waals surface area (Å²) in [4.78, 5) is 14.4. The number of rotatable bonds is 15. The maximum Gasteiger partial charge on any atom is 0.250 e. The second-order valence-corrected chi connectivity index (χ2v) is 9.83. The Labute approximate surface area is 214 Å². The molecule has 1 atom stereocenters. The van der Waals surface area contributed by atoms with Crippen LogP contribution in [0.3, 0.4) is 0 Å². The number of carbonyl (C=O) groups excluding carboxylic acids is 1. The first kappa shape index (κ1) is 26.0. The van der Waals surface area contributed by atoms with E-state index >= 15 is 0 Å². The van der Waals surface area contributed by atoms with E-state index in [4.69, 9.17) is 15.2 Å². The minimum absolute atomic E-state index is 0.137. The van der Waals surface area contributed by atoms with Crippen LogP contribution in [0.1, 0.15) is 53.2 Å². The molecule has 0 aromatic heterocycles. The summed E-state index contributed by atoms with van der Waals surface area (Å²) in [5.74, 6) is 1.19. The van der Waals surface area contributed by atoms with Crippen molar-refractivity contribution in [3.63, 3.8) is 0 Å². The average Bonchev–Trinajstić information content (AvgIpc) is 3.58. The van der Waals surface area contributed by atoms with Crippen LogP contribution in [0.15, 0.2) is 43.0 Å². The molecular formula is C29H39N3O4. The molecule has 2 aromatic rings. The Balaban J connectivity index is 1.31. The number of nitrogens with two attached hydrogens (primary N) is 1. The van der Waals surface area contributed by atoms with Crippen LogP contribution in [0.2, 0.25) is 0 Å². The third-order valence-electron chi connectivity index (χ3n) is 6.67. The summed E-state index contributed by atoms with van der Waals surface area (Å²) in [5, 5.41) is 12.7. The summed E-state index contributed by atoms with van der Waals surface area (Å²) in [5.41, 5.74) is 10.7. The van der Waals surface area contributed by atoms with E-state index in [9.17, 15) is 9.90 Å². The number of hydrogen-bond donors (Lipinski definition) is 3. The Hall–Kier alpha value is -3.03. The zero-order valence-corrected chi connectivity index (χ0v) is 21.3. The van der Waals surface area contributed by atoms with Gasteiger partial charge in [-0.05, 0) is 80.3 Å². The molecule has 4 rings (SSSR count). The number of aliphatic hydroxyl groups is 1. The quantitative estimate of drug-likeness (QED) is 0.260. The molecule has 2 aliphatic rings. The van der Waals surface area contributed by atoms with Crippen LogP contribution in [0.4, 0.5) is 5.69 Å². The lowest BCUT2D eigenvalue weighted by Crippen LogP contribution is -2.32. The number of allylic oxidation sites excluding steroid dienone is 1. The highest BCUT2D eigenvalue weighted by atomic mass is 16.5. The summed E-state index contributed by atoms with van der Waals surface area (Å²) in [6, 6.07) is 10.4. The van der Waals surface area contributed by atoms with Gasteiger partial charge in [0.15, 0.2) is 11.5 Å². The van der Waals surface area contributed by atoms with Crippen molar-refractivity contribution in [3.8, 4) is 11.5 Å². The van der Waals surface area contributed by atoms with Gasteiger partial charge in [-0.25, -0.2) is 0 Å². The molecule has 36 heavy (non-hydrogen) atoms. The summed E-state index contributed by atoms with van der Waals surface area (Å²) in [6.45, 7) is 8.90. The first-order chi connectivity index (χ1) is 17.5. The molecule has 4 N–H and O–H groups in total. The van der Waals surface area contributed by atoms with Crippen molar-refractivity contribution in [2.24, 2.45) is 5.73 Å². The fourth-order valence-electron chi connectivity index (χ4n) is 4.80. The number of carbonyl (C=O) groups is 1. The lowest BCUT2D eigenvalue weighted by Gasteiger charge is -2.22. The smallest absolute Gasteiger partial charge is 0.250 e. The van der Waals surface area contributed by atoms with Gasteiger partial charge in [-0.1, -0.05) is 18.2 Å². The van der Waals surface area contributed by atoms with Crippen LogP contribution in [-0.4, -0.2) is 56.0 Å². The van der Waals surface area contributed by atoms with E-state index in [1.54, 1.807) is 0 Å². The zero-order valence-electron chi connectivity index (χ0n) is 21.3. The van der Waals surface area contributed by atoms with Crippen molar-refractivity contribution < 1.29 is 19.4 Å². The first-order valence-corrected chi connectivity index (χ1v) is 13.1. The number of ether oxygens (including phenoxy) is 2. The maximum atomic E-state index is 12.2. The summed E-state index contributed by atoms with van der Waals surface area (Å²) < 4.78 is 12.1. The van der Waals surface area contributed by atoms with E-state index < -0.39 is 5.91 Å². The summed E-state index contributed by atoms with van der Waals surface area (Å²) in [7, 11) is 0. The standard InChI is InChI=1S/C29H39N3O4/c1-3-5-21-6-9-26(27(19-21)36-24-7-8-24)35-15-11-31-20(2)16-22-17-23-10-13-32(12-4-14-33)28(23)25(18-22)29(30)34/h3,6,9,17-20,24,31,33H,1,4-5,7-8,10-16H2,2H3,(H2,30,34)/t20-/m1/s1. The monoisotopic (exact) mass is 493 g/mol. The highest BCUT2D eigenvalue weighted by Gasteiger charge is 2.26. The van der Waals surface area contributed by atoms with E-state index in [0.29, 0.717) is 31.2 Å². The number of hydrogen-bond acceptors (Lipinski definition) is 6. The van der Waals surface area contributed by atoms with Gasteiger partial charge < -0.3 is 30.5 Å². The minimum Gasteiger partial charge on any atom is -0.488 e. The molecule has 7 heteroatoms. The predicted octanol–water partition coefficient (Wildman–Crippen LogP) is 3.40. The molecule has 1 fully saturated rings. The topological polar surface area (TPSA) is 97.0 Å². The molecule has 1 aliphatic heterocycles. The molecule has 0 bridgehead atoms. The number of primary amides is 1. The van der Waals surface area contributed by atoms with Crippen LogP contribution < -0.4 is 25.4 Å². The van der Waals surface area contributed by atoms with E-state index in [-0.39, 0.29) is 12.6 Å². The van der Waals surface area contributed by atoms with Gasteiger partial charge in [-0.2, -0.15) is 0 Å². The molecule has 1 amide bonds. The van der Waals surface area contributed by atoms with E-state index in [2.05, 4.69) is 41.9 Å². The Morgan fingerprint density at radius 3 is 2.83 bits per heavy atom. The van der Waals surface area contributed by atoms with Crippen LogP contribution in [-0.2, 0) is 19.3 Å². The number of anilines is 1. The molecular weight excluding hydrogens is 454 g/mol. The van der Waals surface area contributed by atoms with Gasteiger partial charge in [-0.15, -0.1) is 6.58 Å². The van der Waals surface area contributed by atoms with Gasteiger partial charge in [0.1, 0.15) is 6.61 Å². The Morgan fingerprint density at radius 1 is 1.28 bits per heavy atom.